The van der Waals surface area contributed by atoms with E-state index in [1.165, 1.54) is 0 Å². The number of aliphatic hydroxyl groups excluding tert-OH is 1. The van der Waals surface area contributed by atoms with Gasteiger partial charge >= 0.3 is 11.0 Å². The van der Waals surface area contributed by atoms with E-state index in [9.17, 15) is 43.2 Å². The van der Waals surface area contributed by atoms with Crippen LogP contribution in [0, 0.1) is 0 Å². The maximum absolute atomic E-state index is 11.4. The summed E-state index contributed by atoms with van der Waals surface area (Å²) in [6, 6.07) is 0. The SMILES string of the molecule is CC[N+](C)(C)CC(C)O.O=S(=O)([N-]S(=O)(=O)C(F)(F)F)C(F)(F)F. The van der Waals surface area contributed by atoms with Gasteiger partial charge < -0.3 is 13.7 Å². The number of rotatable bonds is 5. The number of halogens is 6. The zero-order valence-electron chi connectivity index (χ0n) is 13.1. The molecule has 1 atom stereocenters. The number of sulfonamides is 2. The van der Waals surface area contributed by atoms with Gasteiger partial charge in [-0.25, -0.2) is 16.8 Å². The first-order valence-corrected chi connectivity index (χ1v) is 8.93. The molecule has 1 unspecified atom stereocenters. The van der Waals surface area contributed by atoms with E-state index in [1.54, 1.807) is 0 Å². The van der Waals surface area contributed by atoms with E-state index < -0.39 is 31.1 Å². The number of aliphatic hydroxyl groups is 1. The van der Waals surface area contributed by atoms with E-state index in [-0.39, 0.29) is 6.10 Å². The van der Waals surface area contributed by atoms with Gasteiger partial charge in [0.05, 0.1) is 20.6 Å². The molecule has 0 fully saturated rings. The number of nitrogens with zero attached hydrogens (tertiary/aromatic N) is 2. The van der Waals surface area contributed by atoms with Crippen LogP contribution >= 0.6 is 0 Å². The summed E-state index contributed by atoms with van der Waals surface area (Å²) in [4.78, 5) is 0. The fourth-order valence-electron chi connectivity index (χ4n) is 1.06. The Hall–Kier alpha value is -0.640. The molecule has 7 nitrogen and oxygen atoms in total. The summed E-state index contributed by atoms with van der Waals surface area (Å²) in [6.45, 7) is 5.87. The predicted molar refractivity (Wildman–Crippen MR) is 72.5 cm³/mol. The van der Waals surface area contributed by atoms with Gasteiger partial charge in [-0.1, -0.05) is 0 Å². The molecule has 0 aliphatic carbocycles. The summed E-state index contributed by atoms with van der Waals surface area (Å²) in [6.07, 6.45) is -0.181. The number of quaternary nitrogens is 1. The maximum Gasteiger partial charge on any atom is 0.480 e. The van der Waals surface area contributed by atoms with E-state index in [0.29, 0.717) is 0 Å². The van der Waals surface area contributed by atoms with Crippen LogP contribution in [0.3, 0.4) is 0 Å². The summed E-state index contributed by atoms with van der Waals surface area (Å²) in [5, 5.41) is 9.00. The fraction of sp³-hybridized carbons (Fsp3) is 1.00. The fourth-order valence-corrected chi connectivity index (χ4v) is 2.77. The Bertz CT molecular complexity index is 553. The van der Waals surface area contributed by atoms with Gasteiger partial charge in [0.15, 0.2) is 20.0 Å². The molecule has 24 heavy (non-hydrogen) atoms. The smallest absolute Gasteiger partial charge is 0.421 e. The number of hydrogen-bond donors (Lipinski definition) is 1. The van der Waals surface area contributed by atoms with Crippen LogP contribution in [-0.2, 0) is 20.0 Å². The quantitative estimate of drug-likeness (QED) is 0.545. The second-order valence-electron chi connectivity index (χ2n) is 5.20. The van der Waals surface area contributed by atoms with Crippen LogP contribution in [-0.4, -0.2) is 70.7 Å². The highest BCUT2D eigenvalue weighted by Crippen LogP contribution is 2.36. The lowest BCUT2D eigenvalue weighted by Gasteiger charge is -2.29. The van der Waals surface area contributed by atoms with Gasteiger partial charge in [0.25, 0.3) is 0 Å². The van der Waals surface area contributed by atoms with Crippen LogP contribution in [0.25, 0.3) is 4.13 Å². The van der Waals surface area contributed by atoms with Gasteiger partial charge in [-0.2, -0.15) is 26.3 Å². The highest BCUT2D eigenvalue weighted by atomic mass is 32.3. The standard InChI is InChI=1S/C7H18NO.C2F6NO4S2/c1-5-8(3,4)6-7(2)9;3-1(4,5)14(10,11)9-15(12,13)2(6,7)8/h7,9H,5-6H2,1-4H3;/q+1;-1. The number of alkyl halides is 6. The average Bonchev–Trinajstić information content (AvgIpc) is 2.23. The number of hydrogen-bond acceptors (Lipinski definition) is 5. The summed E-state index contributed by atoms with van der Waals surface area (Å²) < 4.78 is 110. The summed E-state index contributed by atoms with van der Waals surface area (Å²) >= 11 is 0. The lowest BCUT2D eigenvalue weighted by Crippen LogP contribution is -2.44. The second kappa shape index (κ2) is 8.16. The Morgan fingerprint density at radius 3 is 1.38 bits per heavy atom. The van der Waals surface area contributed by atoms with Gasteiger partial charge in [-0.3, -0.25) is 0 Å². The van der Waals surface area contributed by atoms with Crippen LogP contribution in [0.15, 0.2) is 0 Å². The highest BCUT2D eigenvalue weighted by Gasteiger charge is 2.46. The van der Waals surface area contributed by atoms with E-state index >= 15 is 0 Å². The van der Waals surface area contributed by atoms with Gasteiger partial charge in [0, 0.05) is 0 Å². The molecule has 0 aliphatic rings. The minimum Gasteiger partial charge on any atom is -0.421 e. The molecule has 0 heterocycles. The molecule has 0 aromatic carbocycles. The second-order valence-corrected chi connectivity index (χ2v) is 8.62. The summed E-state index contributed by atoms with van der Waals surface area (Å²) in [7, 11) is -9.21. The van der Waals surface area contributed by atoms with Crippen molar-refractivity contribution in [3.63, 3.8) is 0 Å². The summed E-state index contributed by atoms with van der Waals surface area (Å²) in [5.74, 6) is 0. The molecule has 0 aliphatic heterocycles. The molecule has 0 radical (unpaired) electrons. The maximum atomic E-state index is 11.4. The van der Waals surface area contributed by atoms with Crippen molar-refractivity contribution in [1.82, 2.24) is 0 Å². The third-order valence-corrected chi connectivity index (χ3v) is 5.14. The van der Waals surface area contributed by atoms with Crippen LogP contribution in [0.4, 0.5) is 26.3 Å². The molecule has 0 amide bonds. The highest BCUT2D eigenvalue weighted by molar-refractivity contribution is 8.13. The zero-order chi connectivity index (χ0) is 20.2. The van der Waals surface area contributed by atoms with Crippen molar-refractivity contribution in [3.05, 3.63) is 4.13 Å². The third-order valence-electron chi connectivity index (χ3n) is 2.40. The van der Waals surface area contributed by atoms with Crippen molar-refractivity contribution < 1.29 is 52.8 Å². The Balaban J connectivity index is 0. The van der Waals surface area contributed by atoms with Crippen molar-refractivity contribution in [3.8, 4) is 0 Å². The minimum atomic E-state index is -6.72. The van der Waals surface area contributed by atoms with Gasteiger partial charge in [0.1, 0.15) is 12.6 Å². The lowest BCUT2D eigenvalue weighted by atomic mass is 10.3. The Labute approximate surface area is 135 Å². The topological polar surface area (TPSA) is 103 Å². The molecular weight excluding hydrogens is 394 g/mol. The molecule has 0 aromatic heterocycles. The van der Waals surface area contributed by atoms with Crippen molar-refractivity contribution in [2.45, 2.75) is 31.0 Å². The lowest BCUT2D eigenvalue weighted by molar-refractivity contribution is -0.891. The van der Waals surface area contributed by atoms with Gasteiger partial charge in [-0.05, 0) is 13.8 Å². The van der Waals surface area contributed by atoms with E-state index in [0.717, 1.165) is 21.7 Å². The molecule has 0 bridgehead atoms. The molecule has 0 saturated carbocycles. The van der Waals surface area contributed by atoms with Crippen molar-refractivity contribution in [1.29, 1.82) is 0 Å². The van der Waals surface area contributed by atoms with Crippen molar-refractivity contribution in [2.24, 2.45) is 0 Å². The van der Waals surface area contributed by atoms with Crippen molar-refractivity contribution >= 4 is 20.0 Å². The first kappa shape index (κ1) is 25.6. The zero-order valence-corrected chi connectivity index (χ0v) is 14.7. The first-order chi connectivity index (χ1) is 10.2. The normalized spacial score (nSPS) is 15.5. The molecule has 0 saturated heterocycles. The molecule has 1 N–H and O–H groups in total. The Morgan fingerprint density at radius 1 is 0.958 bits per heavy atom. The van der Waals surface area contributed by atoms with Crippen molar-refractivity contribution in [2.75, 3.05) is 27.2 Å². The molecular formula is C9H18F6N2O5S2. The monoisotopic (exact) mass is 412 g/mol. The predicted octanol–water partition coefficient (Wildman–Crippen LogP) is 1.52. The van der Waals surface area contributed by atoms with E-state index in [1.807, 2.05) is 6.92 Å². The van der Waals surface area contributed by atoms with E-state index in [2.05, 4.69) is 21.0 Å². The van der Waals surface area contributed by atoms with Crippen LogP contribution < -0.4 is 0 Å². The van der Waals surface area contributed by atoms with Gasteiger partial charge in [-0.15, -0.1) is 0 Å². The molecule has 0 rings (SSSR count). The molecule has 0 aromatic rings. The average molecular weight is 412 g/mol. The largest absolute Gasteiger partial charge is 0.480 e. The third kappa shape index (κ3) is 9.00. The Kier molecular flexibility index (Phi) is 8.70. The molecule has 148 valence electrons. The van der Waals surface area contributed by atoms with Crippen LogP contribution in [0.2, 0.25) is 0 Å². The summed E-state index contributed by atoms with van der Waals surface area (Å²) in [5.41, 5.74) is -12.4. The van der Waals surface area contributed by atoms with Crippen LogP contribution in [0.5, 0.6) is 0 Å². The Morgan fingerprint density at radius 2 is 1.25 bits per heavy atom. The molecule has 15 heteroatoms. The minimum absolute atomic E-state index is 0.181. The molecule has 0 spiro atoms. The number of likely N-dealkylation sites (N-methyl/N-ethyl adjacent to an activating group) is 1. The van der Waals surface area contributed by atoms with Gasteiger partial charge in [0.2, 0.25) is 0 Å². The van der Waals surface area contributed by atoms with Crippen LogP contribution in [0.1, 0.15) is 13.8 Å². The van der Waals surface area contributed by atoms with E-state index in [4.69, 9.17) is 5.11 Å². The first-order valence-electron chi connectivity index (χ1n) is 6.05.